The number of hydrogen-bond donors (Lipinski definition) is 1. The Morgan fingerprint density at radius 3 is 2.18 bits per heavy atom. The first-order valence-corrected chi connectivity index (χ1v) is 12.4. The zero-order valence-electron chi connectivity index (χ0n) is 19.4. The van der Waals surface area contributed by atoms with Gasteiger partial charge in [-0.05, 0) is 31.0 Å². The maximum atomic E-state index is 14.3. The van der Waals surface area contributed by atoms with Gasteiger partial charge in [0, 0.05) is 24.7 Å². The molecule has 0 fully saturated rings. The van der Waals surface area contributed by atoms with Crippen LogP contribution in [0.5, 0.6) is 0 Å². The average Bonchev–Trinajstić information content (AvgIpc) is 2.75. The molecule has 34 heavy (non-hydrogen) atoms. The van der Waals surface area contributed by atoms with E-state index in [9.17, 15) is 31.2 Å². The maximum absolute atomic E-state index is 14.3. The SMILES string of the molecule is CC(C)CNC(=O)C(C)N(Cc1ccccc1F)C(=O)CN(c1ccc(F)c(F)c1)S(C)(=O)=O. The van der Waals surface area contributed by atoms with Gasteiger partial charge < -0.3 is 10.2 Å². The predicted octanol–water partition coefficient (Wildman–Crippen LogP) is 3.06. The maximum Gasteiger partial charge on any atom is 0.244 e. The van der Waals surface area contributed by atoms with Crippen LogP contribution in [-0.2, 0) is 26.2 Å². The zero-order chi connectivity index (χ0) is 25.6. The molecule has 0 aliphatic carbocycles. The van der Waals surface area contributed by atoms with Gasteiger partial charge in [0.2, 0.25) is 21.8 Å². The standard InChI is InChI=1S/C23H28F3N3O4S/c1-15(2)12-27-23(31)16(3)28(13-17-7-5-6-8-19(17)24)22(30)14-29(34(4,32)33)18-9-10-20(25)21(26)11-18/h5-11,15-16H,12-14H2,1-4H3,(H,27,31). The monoisotopic (exact) mass is 499 g/mol. The van der Waals surface area contributed by atoms with Crippen molar-refractivity contribution in [3.8, 4) is 0 Å². The molecule has 0 spiro atoms. The van der Waals surface area contributed by atoms with Gasteiger partial charge in [0.05, 0.1) is 11.9 Å². The van der Waals surface area contributed by atoms with Gasteiger partial charge in [-0.15, -0.1) is 0 Å². The third kappa shape index (κ3) is 7.21. The van der Waals surface area contributed by atoms with Crippen LogP contribution < -0.4 is 9.62 Å². The van der Waals surface area contributed by atoms with Crippen molar-refractivity contribution in [2.45, 2.75) is 33.4 Å². The van der Waals surface area contributed by atoms with E-state index in [0.717, 1.165) is 23.3 Å². The summed E-state index contributed by atoms with van der Waals surface area (Å²) in [7, 11) is -4.10. The Kier molecular flexibility index (Phi) is 9.08. The number of hydrogen-bond acceptors (Lipinski definition) is 4. The number of nitrogens with zero attached hydrogens (tertiary/aromatic N) is 2. The summed E-state index contributed by atoms with van der Waals surface area (Å²) in [5.41, 5.74) is -0.143. The van der Waals surface area contributed by atoms with E-state index in [4.69, 9.17) is 0 Å². The van der Waals surface area contributed by atoms with E-state index in [1.165, 1.54) is 25.1 Å². The quantitative estimate of drug-likeness (QED) is 0.545. The van der Waals surface area contributed by atoms with Gasteiger partial charge in [0.15, 0.2) is 11.6 Å². The largest absolute Gasteiger partial charge is 0.354 e. The van der Waals surface area contributed by atoms with Gasteiger partial charge in [-0.1, -0.05) is 32.0 Å². The summed E-state index contributed by atoms with van der Waals surface area (Å²) >= 11 is 0. The molecule has 7 nitrogen and oxygen atoms in total. The third-order valence-electron chi connectivity index (χ3n) is 5.02. The van der Waals surface area contributed by atoms with Crippen LogP contribution in [0.15, 0.2) is 42.5 Å². The molecule has 0 bridgehead atoms. The molecule has 1 unspecified atom stereocenters. The normalized spacial score (nSPS) is 12.4. The van der Waals surface area contributed by atoms with Crippen LogP contribution in [0, 0.1) is 23.4 Å². The lowest BCUT2D eigenvalue weighted by atomic mass is 10.1. The van der Waals surface area contributed by atoms with Crippen LogP contribution in [0.2, 0.25) is 0 Å². The minimum Gasteiger partial charge on any atom is -0.354 e. The molecule has 0 saturated carbocycles. The number of carbonyl (C=O) groups is 2. The number of nitrogens with one attached hydrogen (secondary N) is 1. The van der Waals surface area contributed by atoms with Crippen LogP contribution in [0.1, 0.15) is 26.3 Å². The fourth-order valence-electron chi connectivity index (χ4n) is 3.10. The lowest BCUT2D eigenvalue weighted by molar-refractivity contribution is -0.139. The first kappa shape index (κ1) is 27.2. The number of halogens is 3. The van der Waals surface area contributed by atoms with Gasteiger partial charge in [0.25, 0.3) is 0 Å². The predicted molar refractivity (Wildman–Crippen MR) is 123 cm³/mol. The highest BCUT2D eigenvalue weighted by atomic mass is 32.2. The summed E-state index contributed by atoms with van der Waals surface area (Å²) < 4.78 is 66.8. The van der Waals surface area contributed by atoms with Crippen molar-refractivity contribution in [2.75, 3.05) is 23.7 Å². The Morgan fingerprint density at radius 2 is 1.62 bits per heavy atom. The van der Waals surface area contributed by atoms with Crippen LogP contribution >= 0.6 is 0 Å². The lowest BCUT2D eigenvalue weighted by Crippen LogP contribution is -2.51. The first-order valence-electron chi connectivity index (χ1n) is 10.5. The number of benzene rings is 2. The molecular formula is C23H28F3N3O4S. The number of anilines is 1. The fourth-order valence-corrected chi connectivity index (χ4v) is 3.94. The lowest BCUT2D eigenvalue weighted by Gasteiger charge is -2.31. The molecule has 1 atom stereocenters. The molecule has 186 valence electrons. The molecule has 0 radical (unpaired) electrons. The second kappa shape index (κ2) is 11.4. The summed E-state index contributed by atoms with van der Waals surface area (Å²) in [4.78, 5) is 27.0. The van der Waals surface area contributed by atoms with E-state index >= 15 is 0 Å². The van der Waals surface area contributed by atoms with E-state index in [1.54, 1.807) is 6.07 Å². The summed E-state index contributed by atoms with van der Waals surface area (Å²) in [6.45, 7) is 4.45. The Morgan fingerprint density at radius 1 is 0.971 bits per heavy atom. The van der Waals surface area contributed by atoms with Gasteiger partial charge >= 0.3 is 0 Å². The third-order valence-corrected chi connectivity index (χ3v) is 6.16. The number of rotatable bonds is 10. The van der Waals surface area contributed by atoms with E-state index in [-0.39, 0.29) is 23.7 Å². The highest BCUT2D eigenvalue weighted by molar-refractivity contribution is 7.92. The molecule has 2 rings (SSSR count). The van der Waals surface area contributed by atoms with E-state index in [1.807, 2.05) is 13.8 Å². The van der Waals surface area contributed by atoms with Crippen LogP contribution in [-0.4, -0.2) is 50.5 Å². The second-order valence-electron chi connectivity index (χ2n) is 8.30. The van der Waals surface area contributed by atoms with Crippen molar-refractivity contribution in [2.24, 2.45) is 5.92 Å². The van der Waals surface area contributed by atoms with Gasteiger partial charge in [0.1, 0.15) is 18.4 Å². The fraction of sp³-hybridized carbons (Fsp3) is 0.391. The zero-order valence-corrected chi connectivity index (χ0v) is 20.2. The molecule has 2 aromatic carbocycles. The van der Waals surface area contributed by atoms with Crippen molar-refractivity contribution >= 4 is 27.5 Å². The van der Waals surface area contributed by atoms with Gasteiger partial charge in [-0.2, -0.15) is 0 Å². The van der Waals surface area contributed by atoms with Crippen LogP contribution in [0.25, 0.3) is 0 Å². The molecule has 0 heterocycles. The molecule has 2 aromatic rings. The molecule has 0 aliphatic heterocycles. The minimum atomic E-state index is -4.10. The number of carbonyl (C=O) groups excluding carboxylic acids is 2. The summed E-state index contributed by atoms with van der Waals surface area (Å²) in [6, 6.07) is 7.02. The molecule has 0 aliphatic rings. The summed E-state index contributed by atoms with van der Waals surface area (Å²) in [6.07, 6.45) is 0.807. The Balaban J connectivity index is 2.40. The topological polar surface area (TPSA) is 86.8 Å². The molecule has 0 saturated heterocycles. The van der Waals surface area contributed by atoms with Crippen molar-refractivity contribution < 1.29 is 31.2 Å². The first-order chi connectivity index (χ1) is 15.8. The van der Waals surface area contributed by atoms with Gasteiger partial charge in [-0.3, -0.25) is 13.9 Å². The van der Waals surface area contributed by atoms with E-state index in [0.29, 0.717) is 16.9 Å². The van der Waals surface area contributed by atoms with Crippen molar-refractivity contribution in [3.63, 3.8) is 0 Å². The number of sulfonamides is 1. The summed E-state index contributed by atoms with van der Waals surface area (Å²) in [5, 5.41) is 2.70. The highest BCUT2D eigenvalue weighted by Crippen LogP contribution is 2.22. The second-order valence-corrected chi connectivity index (χ2v) is 10.2. The molecule has 11 heteroatoms. The van der Waals surface area contributed by atoms with Crippen LogP contribution in [0.4, 0.5) is 18.9 Å². The number of amides is 2. The van der Waals surface area contributed by atoms with Crippen molar-refractivity contribution in [1.82, 2.24) is 10.2 Å². The van der Waals surface area contributed by atoms with E-state index in [2.05, 4.69) is 5.32 Å². The Hall–Kier alpha value is -3.08. The van der Waals surface area contributed by atoms with Crippen LogP contribution in [0.3, 0.4) is 0 Å². The average molecular weight is 500 g/mol. The molecule has 2 amide bonds. The van der Waals surface area contributed by atoms with E-state index < -0.39 is 51.9 Å². The Labute approximate surface area is 197 Å². The smallest absolute Gasteiger partial charge is 0.244 e. The summed E-state index contributed by atoms with van der Waals surface area (Å²) in [5.74, 6) is -4.26. The minimum absolute atomic E-state index is 0.123. The molecule has 0 aromatic heterocycles. The van der Waals surface area contributed by atoms with Crippen molar-refractivity contribution in [3.05, 3.63) is 65.5 Å². The highest BCUT2D eigenvalue weighted by Gasteiger charge is 2.30. The molecule has 1 N–H and O–H groups in total. The molecular weight excluding hydrogens is 471 g/mol. The van der Waals surface area contributed by atoms with Gasteiger partial charge in [-0.25, -0.2) is 21.6 Å². The Bertz CT molecular complexity index is 1140. The van der Waals surface area contributed by atoms with Crippen molar-refractivity contribution in [1.29, 1.82) is 0 Å².